The largest absolute Gasteiger partial charge is 0.481 e. The molecule has 1 N–H and O–H groups in total. The lowest BCUT2D eigenvalue weighted by atomic mass is 9.77. The van der Waals surface area contributed by atoms with Gasteiger partial charge in [-0.3, -0.25) is 14.4 Å². The monoisotopic (exact) mass is 250 g/mol. The summed E-state index contributed by atoms with van der Waals surface area (Å²) in [5.41, 5.74) is 0.516. The van der Waals surface area contributed by atoms with Gasteiger partial charge >= 0.3 is 5.97 Å². The second-order valence-corrected chi connectivity index (χ2v) is 5.38. The first-order valence-electron chi connectivity index (χ1n) is 5.79. The van der Waals surface area contributed by atoms with Crippen LogP contribution in [0.2, 0.25) is 0 Å². The zero-order valence-electron chi connectivity index (χ0n) is 11.4. The highest BCUT2D eigenvalue weighted by molar-refractivity contribution is 6.24. The van der Waals surface area contributed by atoms with Crippen LogP contribution in [-0.4, -0.2) is 22.6 Å². The SMILES string of the molecule is CC1=C(C)C(=O)C(CC(C)(C)C(=O)O)=C(C)C1=O. The molecule has 0 saturated heterocycles. The van der Waals surface area contributed by atoms with Crippen molar-refractivity contribution in [3.8, 4) is 0 Å². The van der Waals surface area contributed by atoms with E-state index >= 15 is 0 Å². The van der Waals surface area contributed by atoms with Gasteiger partial charge in [-0.2, -0.15) is 0 Å². The molecular weight excluding hydrogens is 232 g/mol. The Morgan fingerprint density at radius 1 is 1.00 bits per heavy atom. The van der Waals surface area contributed by atoms with E-state index in [1.54, 1.807) is 34.6 Å². The van der Waals surface area contributed by atoms with Crippen molar-refractivity contribution in [3.63, 3.8) is 0 Å². The Kier molecular flexibility index (Phi) is 3.60. The third kappa shape index (κ3) is 2.28. The number of hydrogen-bond acceptors (Lipinski definition) is 3. The Hall–Kier alpha value is -1.71. The van der Waals surface area contributed by atoms with E-state index < -0.39 is 11.4 Å². The molecule has 0 amide bonds. The summed E-state index contributed by atoms with van der Waals surface area (Å²) in [6.07, 6.45) is 0.0728. The average molecular weight is 250 g/mol. The number of allylic oxidation sites excluding steroid dienone is 4. The van der Waals surface area contributed by atoms with E-state index in [1.165, 1.54) is 0 Å². The number of carboxylic acid groups (broad SMARTS) is 1. The summed E-state index contributed by atoms with van der Waals surface area (Å²) in [6.45, 7) is 7.92. The molecule has 4 nitrogen and oxygen atoms in total. The molecule has 1 aliphatic rings. The Morgan fingerprint density at radius 3 is 1.89 bits per heavy atom. The van der Waals surface area contributed by atoms with E-state index in [4.69, 9.17) is 5.11 Å². The van der Waals surface area contributed by atoms with Crippen LogP contribution in [0.25, 0.3) is 0 Å². The van der Waals surface area contributed by atoms with E-state index in [-0.39, 0.29) is 18.0 Å². The molecule has 0 radical (unpaired) electrons. The summed E-state index contributed by atoms with van der Waals surface area (Å²) in [4.78, 5) is 35.2. The van der Waals surface area contributed by atoms with Gasteiger partial charge in [0.15, 0.2) is 11.6 Å². The molecule has 0 atom stereocenters. The highest BCUT2D eigenvalue weighted by Crippen LogP contribution is 2.33. The zero-order valence-corrected chi connectivity index (χ0v) is 11.4. The first-order valence-corrected chi connectivity index (χ1v) is 5.79. The summed E-state index contributed by atoms with van der Waals surface area (Å²) in [5, 5.41) is 9.10. The molecule has 0 heterocycles. The summed E-state index contributed by atoms with van der Waals surface area (Å²) in [6, 6.07) is 0. The second kappa shape index (κ2) is 4.52. The lowest BCUT2D eigenvalue weighted by Crippen LogP contribution is -2.29. The minimum atomic E-state index is -1.06. The number of carboxylic acids is 1. The molecule has 0 fully saturated rings. The topological polar surface area (TPSA) is 71.4 Å². The molecule has 0 spiro atoms. The molecule has 98 valence electrons. The minimum absolute atomic E-state index is 0.0728. The maximum absolute atomic E-state index is 12.1. The maximum atomic E-state index is 12.1. The predicted molar refractivity (Wildman–Crippen MR) is 67.1 cm³/mol. The van der Waals surface area contributed by atoms with E-state index in [1.807, 2.05) is 0 Å². The van der Waals surface area contributed by atoms with Gasteiger partial charge in [-0.05, 0) is 41.0 Å². The Morgan fingerprint density at radius 2 is 1.44 bits per heavy atom. The van der Waals surface area contributed by atoms with E-state index in [0.717, 1.165) is 0 Å². The van der Waals surface area contributed by atoms with Crippen LogP contribution in [0.15, 0.2) is 22.3 Å². The number of hydrogen-bond donors (Lipinski definition) is 1. The summed E-state index contributed by atoms with van der Waals surface area (Å²) < 4.78 is 0. The molecule has 0 aromatic rings. The fourth-order valence-corrected chi connectivity index (χ4v) is 1.89. The molecule has 0 saturated carbocycles. The van der Waals surface area contributed by atoms with E-state index in [0.29, 0.717) is 22.3 Å². The Labute approximate surface area is 106 Å². The van der Waals surface area contributed by atoms with Crippen LogP contribution in [0, 0.1) is 5.41 Å². The van der Waals surface area contributed by atoms with Gasteiger partial charge < -0.3 is 5.11 Å². The van der Waals surface area contributed by atoms with Crippen LogP contribution in [0.4, 0.5) is 0 Å². The van der Waals surface area contributed by atoms with E-state index in [2.05, 4.69) is 0 Å². The smallest absolute Gasteiger partial charge is 0.309 e. The second-order valence-electron chi connectivity index (χ2n) is 5.38. The van der Waals surface area contributed by atoms with Gasteiger partial charge in [-0.25, -0.2) is 0 Å². The van der Waals surface area contributed by atoms with Gasteiger partial charge in [-0.1, -0.05) is 0 Å². The lowest BCUT2D eigenvalue weighted by molar-refractivity contribution is -0.146. The number of carbonyl (C=O) groups excluding carboxylic acids is 2. The fourth-order valence-electron chi connectivity index (χ4n) is 1.89. The Balaban J connectivity index is 3.22. The number of ketones is 2. The molecule has 0 aliphatic heterocycles. The number of rotatable bonds is 3. The van der Waals surface area contributed by atoms with Crippen LogP contribution < -0.4 is 0 Å². The molecule has 0 bridgehead atoms. The van der Waals surface area contributed by atoms with Crippen LogP contribution >= 0.6 is 0 Å². The van der Waals surface area contributed by atoms with Gasteiger partial charge in [0, 0.05) is 22.3 Å². The van der Waals surface area contributed by atoms with Crippen LogP contribution in [0.5, 0.6) is 0 Å². The third-order valence-corrected chi connectivity index (χ3v) is 3.51. The molecule has 1 rings (SSSR count). The van der Waals surface area contributed by atoms with Crippen LogP contribution in [0.3, 0.4) is 0 Å². The third-order valence-electron chi connectivity index (χ3n) is 3.51. The van der Waals surface area contributed by atoms with Crippen LogP contribution in [0.1, 0.15) is 41.0 Å². The van der Waals surface area contributed by atoms with Crippen molar-refractivity contribution in [2.24, 2.45) is 5.41 Å². The van der Waals surface area contributed by atoms with Crippen molar-refractivity contribution in [2.45, 2.75) is 41.0 Å². The predicted octanol–water partition coefficient (Wildman–Crippen LogP) is 2.29. The fraction of sp³-hybridized carbons (Fsp3) is 0.500. The van der Waals surface area contributed by atoms with Crippen molar-refractivity contribution >= 4 is 17.5 Å². The standard InChI is InChI=1S/C14H18O4/c1-7-8(2)12(16)10(9(3)11(7)15)6-14(4,5)13(17)18/h6H2,1-5H3,(H,17,18). The average Bonchev–Trinajstić information content (AvgIpc) is 2.29. The van der Waals surface area contributed by atoms with Crippen LogP contribution in [-0.2, 0) is 14.4 Å². The zero-order chi connectivity index (χ0) is 14.2. The maximum Gasteiger partial charge on any atom is 0.309 e. The van der Waals surface area contributed by atoms with Gasteiger partial charge in [0.1, 0.15) is 0 Å². The van der Waals surface area contributed by atoms with Gasteiger partial charge in [-0.15, -0.1) is 0 Å². The van der Waals surface area contributed by atoms with Crippen molar-refractivity contribution < 1.29 is 19.5 Å². The first-order chi connectivity index (χ1) is 8.09. The quantitative estimate of drug-likeness (QED) is 0.780. The normalized spacial score (nSPS) is 17.6. The molecule has 0 unspecified atom stereocenters. The van der Waals surface area contributed by atoms with Gasteiger partial charge in [0.2, 0.25) is 0 Å². The molecule has 1 aliphatic carbocycles. The van der Waals surface area contributed by atoms with Gasteiger partial charge in [0.25, 0.3) is 0 Å². The summed E-state index contributed by atoms with van der Waals surface area (Å²) in [7, 11) is 0. The summed E-state index contributed by atoms with van der Waals surface area (Å²) >= 11 is 0. The number of carbonyl (C=O) groups is 3. The van der Waals surface area contributed by atoms with Crippen molar-refractivity contribution in [2.75, 3.05) is 0 Å². The number of aliphatic carboxylic acids is 1. The minimum Gasteiger partial charge on any atom is -0.481 e. The molecule has 18 heavy (non-hydrogen) atoms. The van der Waals surface area contributed by atoms with Crippen molar-refractivity contribution in [1.29, 1.82) is 0 Å². The Bertz CT molecular complexity index is 504. The first kappa shape index (κ1) is 14.4. The lowest BCUT2D eigenvalue weighted by Gasteiger charge is -2.25. The molecule has 0 aromatic heterocycles. The molecule has 4 heteroatoms. The summed E-state index contributed by atoms with van der Waals surface area (Å²) in [5.74, 6) is -1.35. The van der Waals surface area contributed by atoms with Gasteiger partial charge in [0.05, 0.1) is 5.41 Å². The highest BCUT2D eigenvalue weighted by Gasteiger charge is 2.35. The van der Waals surface area contributed by atoms with Crippen molar-refractivity contribution in [3.05, 3.63) is 22.3 Å². The number of Topliss-reactive ketones (excluding diaryl/α,β-unsaturated/α-hetero) is 2. The highest BCUT2D eigenvalue weighted by atomic mass is 16.4. The molecular formula is C14H18O4. The molecule has 0 aromatic carbocycles. The van der Waals surface area contributed by atoms with E-state index in [9.17, 15) is 14.4 Å². The van der Waals surface area contributed by atoms with Crippen molar-refractivity contribution in [1.82, 2.24) is 0 Å².